The lowest BCUT2D eigenvalue weighted by Gasteiger charge is -2.11. The van der Waals surface area contributed by atoms with Gasteiger partial charge in [-0.15, -0.1) is 10.2 Å². The third kappa shape index (κ3) is 4.78. The standard InChI is InChI=1S/C20H20N4O3/c1-24(2)20(26)15-9-6-10-16(13-15)21-17(25)11-12-18-22-23-19(27-18)14-7-4-3-5-8-14/h3-10,13H,11-12H2,1-2H3,(H,21,25). The number of carbonyl (C=O) groups excluding carboxylic acids is 2. The van der Waals surface area contributed by atoms with Gasteiger partial charge in [0.05, 0.1) is 0 Å². The highest BCUT2D eigenvalue weighted by molar-refractivity contribution is 5.97. The topological polar surface area (TPSA) is 88.3 Å². The van der Waals surface area contributed by atoms with Crippen LogP contribution >= 0.6 is 0 Å². The van der Waals surface area contributed by atoms with E-state index in [1.165, 1.54) is 4.90 Å². The van der Waals surface area contributed by atoms with Crippen LogP contribution in [0.25, 0.3) is 11.5 Å². The first-order chi connectivity index (χ1) is 13.0. The van der Waals surface area contributed by atoms with E-state index in [0.29, 0.717) is 29.5 Å². The van der Waals surface area contributed by atoms with Crippen molar-refractivity contribution >= 4 is 17.5 Å². The van der Waals surface area contributed by atoms with Gasteiger partial charge < -0.3 is 14.6 Å². The van der Waals surface area contributed by atoms with Crippen LogP contribution in [-0.2, 0) is 11.2 Å². The summed E-state index contributed by atoms with van der Waals surface area (Å²) in [5, 5.41) is 10.8. The number of aromatic nitrogens is 2. The zero-order valence-corrected chi connectivity index (χ0v) is 15.2. The monoisotopic (exact) mass is 364 g/mol. The van der Waals surface area contributed by atoms with E-state index in [0.717, 1.165) is 5.56 Å². The van der Waals surface area contributed by atoms with Gasteiger partial charge >= 0.3 is 0 Å². The number of hydrogen-bond donors (Lipinski definition) is 1. The van der Waals surface area contributed by atoms with Crippen molar-refractivity contribution < 1.29 is 14.0 Å². The zero-order valence-electron chi connectivity index (χ0n) is 15.2. The minimum Gasteiger partial charge on any atom is -0.421 e. The van der Waals surface area contributed by atoms with E-state index in [-0.39, 0.29) is 18.2 Å². The first-order valence-electron chi connectivity index (χ1n) is 8.52. The molecule has 0 saturated heterocycles. The highest BCUT2D eigenvalue weighted by Crippen LogP contribution is 2.18. The Bertz CT molecular complexity index is 935. The van der Waals surface area contributed by atoms with Crippen LogP contribution in [0.2, 0.25) is 0 Å². The Hall–Kier alpha value is -3.48. The van der Waals surface area contributed by atoms with Crippen molar-refractivity contribution in [3.63, 3.8) is 0 Å². The minimum absolute atomic E-state index is 0.120. The first-order valence-corrected chi connectivity index (χ1v) is 8.52. The number of anilines is 1. The third-order valence-corrected chi connectivity index (χ3v) is 3.85. The number of aryl methyl sites for hydroxylation is 1. The number of nitrogens with zero attached hydrogens (tertiary/aromatic N) is 3. The predicted molar refractivity (Wildman–Crippen MR) is 101 cm³/mol. The molecule has 7 nitrogen and oxygen atoms in total. The van der Waals surface area contributed by atoms with E-state index < -0.39 is 0 Å². The van der Waals surface area contributed by atoms with Crippen molar-refractivity contribution in [2.45, 2.75) is 12.8 Å². The van der Waals surface area contributed by atoms with Gasteiger partial charge in [-0.25, -0.2) is 0 Å². The predicted octanol–water partition coefficient (Wildman–Crippen LogP) is 3.01. The molecule has 0 aliphatic rings. The quantitative estimate of drug-likeness (QED) is 0.726. The lowest BCUT2D eigenvalue weighted by Crippen LogP contribution is -2.22. The molecule has 3 rings (SSSR count). The SMILES string of the molecule is CN(C)C(=O)c1cccc(NC(=O)CCc2nnc(-c3ccccc3)o2)c1. The zero-order chi connectivity index (χ0) is 19.2. The van der Waals surface area contributed by atoms with Crippen LogP contribution in [0.1, 0.15) is 22.7 Å². The van der Waals surface area contributed by atoms with E-state index in [2.05, 4.69) is 15.5 Å². The molecule has 2 aromatic carbocycles. The normalized spacial score (nSPS) is 10.4. The van der Waals surface area contributed by atoms with Gasteiger partial charge in [-0.2, -0.15) is 0 Å². The molecule has 0 saturated carbocycles. The molecule has 7 heteroatoms. The van der Waals surface area contributed by atoms with Crippen molar-refractivity contribution in [3.8, 4) is 11.5 Å². The Kier molecular flexibility index (Phi) is 5.61. The molecular formula is C20H20N4O3. The molecule has 0 aliphatic heterocycles. The molecule has 1 heterocycles. The Morgan fingerprint density at radius 2 is 1.81 bits per heavy atom. The molecule has 0 bridgehead atoms. The lowest BCUT2D eigenvalue weighted by molar-refractivity contribution is -0.116. The van der Waals surface area contributed by atoms with Gasteiger partial charge in [0, 0.05) is 43.8 Å². The number of hydrogen-bond acceptors (Lipinski definition) is 5. The molecule has 0 aliphatic carbocycles. The van der Waals surface area contributed by atoms with Gasteiger partial charge in [0.1, 0.15) is 0 Å². The maximum absolute atomic E-state index is 12.2. The fourth-order valence-electron chi connectivity index (χ4n) is 2.48. The van der Waals surface area contributed by atoms with E-state index in [1.54, 1.807) is 38.4 Å². The van der Waals surface area contributed by atoms with Crippen molar-refractivity contribution in [2.75, 3.05) is 19.4 Å². The summed E-state index contributed by atoms with van der Waals surface area (Å²) < 4.78 is 5.59. The number of nitrogens with one attached hydrogen (secondary N) is 1. The maximum Gasteiger partial charge on any atom is 0.253 e. The van der Waals surface area contributed by atoms with Gasteiger partial charge in [-0.1, -0.05) is 24.3 Å². The smallest absolute Gasteiger partial charge is 0.253 e. The maximum atomic E-state index is 12.2. The highest BCUT2D eigenvalue weighted by Gasteiger charge is 2.12. The van der Waals surface area contributed by atoms with Crippen LogP contribution in [0, 0.1) is 0 Å². The molecule has 1 N–H and O–H groups in total. The van der Waals surface area contributed by atoms with Crippen molar-refractivity contribution in [1.29, 1.82) is 0 Å². The molecule has 0 unspecified atom stereocenters. The summed E-state index contributed by atoms with van der Waals surface area (Å²) in [4.78, 5) is 25.7. The van der Waals surface area contributed by atoms with E-state index >= 15 is 0 Å². The molecule has 3 aromatic rings. The number of carbonyl (C=O) groups is 2. The van der Waals surface area contributed by atoms with Crippen molar-refractivity contribution in [3.05, 3.63) is 66.1 Å². The first kappa shape index (κ1) is 18.3. The highest BCUT2D eigenvalue weighted by atomic mass is 16.4. The fraction of sp³-hybridized carbons (Fsp3) is 0.200. The molecule has 27 heavy (non-hydrogen) atoms. The molecule has 0 spiro atoms. The second-order valence-corrected chi connectivity index (χ2v) is 6.20. The third-order valence-electron chi connectivity index (χ3n) is 3.85. The van der Waals surface area contributed by atoms with Crippen molar-refractivity contribution in [2.24, 2.45) is 0 Å². The summed E-state index contributed by atoms with van der Waals surface area (Å²) in [6, 6.07) is 16.3. The van der Waals surface area contributed by atoms with Crippen LogP contribution in [0.4, 0.5) is 5.69 Å². The summed E-state index contributed by atoms with van der Waals surface area (Å²) >= 11 is 0. The summed E-state index contributed by atoms with van der Waals surface area (Å²) in [6.07, 6.45) is 0.532. The molecule has 0 atom stereocenters. The average Bonchev–Trinajstić information content (AvgIpc) is 3.16. The van der Waals surface area contributed by atoms with E-state index in [9.17, 15) is 9.59 Å². The second-order valence-electron chi connectivity index (χ2n) is 6.20. The number of benzene rings is 2. The van der Waals surface area contributed by atoms with Crippen LogP contribution < -0.4 is 5.32 Å². The lowest BCUT2D eigenvalue weighted by atomic mass is 10.1. The summed E-state index contributed by atoms with van der Waals surface area (Å²) in [6.45, 7) is 0. The van der Waals surface area contributed by atoms with Crippen LogP contribution in [0.15, 0.2) is 59.0 Å². The van der Waals surface area contributed by atoms with Crippen LogP contribution in [-0.4, -0.2) is 41.0 Å². The van der Waals surface area contributed by atoms with E-state index in [4.69, 9.17) is 4.42 Å². The Morgan fingerprint density at radius 3 is 2.56 bits per heavy atom. The largest absolute Gasteiger partial charge is 0.421 e. The summed E-state index contributed by atoms with van der Waals surface area (Å²) in [5.41, 5.74) is 1.92. The Balaban J connectivity index is 1.57. The molecule has 0 radical (unpaired) electrons. The fourth-order valence-corrected chi connectivity index (χ4v) is 2.48. The molecule has 0 fully saturated rings. The van der Waals surface area contributed by atoms with Crippen LogP contribution in [0.5, 0.6) is 0 Å². The van der Waals surface area contributed by atoms with Gasteiger partial charge in [-0.3, -0.25) is 9.59 Å². The van der Waals surface area contributed by atoms with Crippen LogP contribution in [0.3, 0.4) is 0 Å². The molecule has 1 aromatic heterocycles. The van der Waals surface area contributed by atoms with Crippen molar-refractivity contribution in [1.82, 2.24) is 15.1 Å². The Labute approximate surface area is 157 Å². The summed E-state index contributed by atoms with van der Waals surface area (Å²) in [7, 11) is 3.36. The molecule has 2 amide bonds. The number of rotatable bonds is 6. The van der Waals surface area contributed by atoms with Gasteiger partial charge in [0.15, 0.2) is 0 Å². The van der Waals surface area contributed by atoms with Gasteiger partial charge in [-0.05, 0) is 30.3 Å². The molecular weight excluding hydrogens is 344 g/mol. The summed E-state index contributed by atoms with van der Waals surface area (Å²) in [5.74, 6) is 0.524. The van der Waals surface area contributed by atoms with E-state index in [1.807, 2.05) is 30.3 Å². The van der Waals surface area contributed by atoms with Gasteiger partial charge in [0.25, 0.3) is 5.91 Å². The second kappa shape index (κ2) is 8.27. The van der Waals surface area contributed by atoms with Gasteiger partial charge in [0.2, 0.25) is 17.7 Å². The average molecular weight is 364 g/mol. The Morgan fingerprint density at radius 1 is 1.04 bits per heavy atom. The minimum atomic E-state index is -0.191. The molecule has 138 valence electrons. The number of amides is 2.